The van der Waals surface area contributed by atoms with E-state index in [9.17, 15) is 4.79 Å². The number of nitrogens with one attached hydrogen (secondary N) is 2. The summed E-state index contributed by atoms with van der Waals surface area (Å²) in [6.45, 7) is 5.81. The number of benzene rings is 1. The number of carbonyl (C=O) groups excluding carboxylic acids is 1. The SMILES string of the molecule is C=CCOc1ccccc1[C@H]1NC(=S)NC(C)=C1C(=O)OC. The summed E-state index contributed by atoms with van der Waals surface area (Å²) in [5.41, 5.74) is 1.96. The van der Waals surface area contributed by atoms with Crippen molar-refractivity contribution in [1.29, 1.82) is 0 Å². The van der Waals surface area contributed by atoms with Gasteiger partial charge in [-0.1, -0.05) is 30.9 Å². The predicted molar refractivity (Wildman–Crippen MR) is 88.5 cm³/mol. The van der Waals surface area contributed by atoms with Crippen LogP contribution >= 0.6 is 12.2 Å². The minimum Gasteiger partial charge on any atom is -0.489 e. The molecule has 0 saturated heterocycles. The van der Waals surface area contributed by atoms with Gasteiger partial charge < -0.3 is 20.1 Å². The molecule has 22 heavy (non-hydrogen) atoms. The van der Waals surface area contributed by atoms with Gasteiger partial charge >= 0.3 is 5.97 Å². The van der Waals surface area contributed by atoms with Crippen LogP contribution in [0.5, 0.6) is 5.75 Å². The van der Waals surface area contributed by atoms with Crippen LogP contribution < -0.4 is 15.4 Å². The number of hydrogen-bond acceptors (Lipinski definition) is 4. The third kappa shape index (κ3) is 3.28. The lowest BCUT2D eigenvalue weighted by molar-refractivity contribution is -0.136. The minimum absolute atomic E-state index is 0.378. The predicted octanol–water partition coefficient (Wildman–Crippen LogP) is 2.22. The summed E-state index contributed by atoms with van der Waals surface area (Å²) in [6.07, 6.45) is 1.67. The van der Waals surface area contributed by atoms with Gasteiger partial charge in [-0.05, 0) is 25.2 Å². The van der Waals surface area contributed by atoms with Crippen LogP contribution in [-0.4, -0.2) is 24.8 Å². The first-order chi connectivity index (χ1) is 10.6. The van der Waals surface area contributed by atoms with Crippen molar-refractivity contribution in [3.8, 4) is 5.75 Å². The Morgan fingerprint density at radius 1 is 1.45 bits per heavy atom. The van der Waals surface area contributed by atoms with E-state index in [0.29, 0.717) is 28.7 Å². The smallest absolute Gasteiger partial charge is 0.337 e. The van der Waals surface area contributed by atoms with Gasteiger partial charge in [0.15, 0.2) is 5.11 Å². The molecule has 0 aliphatic carbocycles. The molecule has 0 fully saturated rings. The Morgan fingerprint density at radius 2 is 2.18 bits per heavy atom. The van der Waals surface area contributed by atoms with Crippen molar-refractivity contribution in [2.75, 3.05) is 13.7 Å². The molecule has 1 aliphatic rings. The lowest BCUT2D eigenvalue weighted by Gasteiger charge is -2.30. The van der Waals surface area contributed by atoms with E-state index in [4.69, 9.17) is 21.7 Å². The number of esters is 1. The summed E-state index contributed by atoms with van der Waals surface area (Å²) in [7, 11) is 1.35. The zero-order valence-electron chi connectivity index (χ0n) is 12.5. The molecule has 116 valence electrons. The van der Waals surface area contributed by atoms with Gasteiger partial charge in [0.25, 0.3) is 0 Å². The van der Waals surface area contributed by atoms with Gasteiger partial charge in [0.05, 0.1) is 18.7 Å². The topological polar surface area (TPSA) is 59.6 Å². The van der Waals surface area contributed by atoms with Gasteiger partial charge in [-0.15, -0.1) is 0 Å². The lowest BCUT2D eigenvalue weighted by Crippen LogP contribution is -2.45. The second-order valence-corrected chi connectivity index (χ2v) is 5.11. The number of hydrogen-bond donors (Lipinski definition) is 2. The van der Waals surface area contributed by atoms with Gasteiger partial charge in [-0.2, -0.15) is 0 Å². The molecule has 2 rings (SSSR count). The van der Waals surface area contributed by atoms with Gasteiger partial charge in [-0.3, -0.25) is 0 Å². The third-order valence-corrected chi connectivity index (χ3v) is 3.48. The molecule has 6 heteroatoms. The fourth-order valence-corrected chi connectivity index (χ4v) is 2.58. The van der Waals surface area contributed by atoms with Crippen molar-refractivity contribution in [2.45, 2.75) is 13.0 Å². The average Bonchev–Trinajstić information content (AvgIpc) is 2.51. The van der Waals surface area contributed by atoms with E-state index < -0.39 is 12.0 Å². The molecule has 0 spiro atoms. The molecule has 0 aromatic heterocycles. The molecule has 1 aliphatic heterocycles. The Hall–Kier alpha value is -2.34. The van der Waals surface area contributed by atoms with Crippen molar-refractivity contribution in [3.63, 3.8) is 0 Å². The molecule has 2 N–H and O–H groups in total. The normalized spacial score (nSPS) is 17.4. The molecule has 0 unspecified atom stereocenters. The Balaban J connectivity index is 2.48. The second kappa shape index (κ2) is 7.09. The fourth-order valence-electron chi connectivity index (χ4n) is 2.31. The van der Waals surface area contributed by atoms with Crippen LogP contribution in [0.1, 0.15) is 18.5 Å². The zero-order chi connectivity index (χ0) is 16.1. The number of carbonyl (C=O) groups is 1. The molecule has 0 radical (unpaired) electrons. The quantitative estimate of drug-likeness (QED) is 0.493. The highest BCUT2D eigenvalue weighted by Gasteiger charge is 2.32. The van der Waals surface area contributed by atoms with Gasteiger partial charge in [0.1, 0.15) is 12.4 Å². The highest BCUT2D eigenvalue weighted by molar-refractivity contribution is 7.80. The number of para-hydroxylation sites is 1. The maximum atomic E-state index is 12.1. The lowest BCUT2D eigenvalue weighted by atomic mass is 9.95. The average molecular weight is 318 g/mol. The molecule has 1 aromatic rings. The molecular weight excluding hydrogens is 300 g/mol. The van der Waals surface area contributed by atoms with Crippen molar-refractivity contribution in [3.05, 3.63) is 53.8 Å². The number of rotatable bonds is 5. The summed E-state index contributed by atoms with van der Waals surface area (Å²) in [5, 5.41) is 6.50. The van der Waals surface area contributed by atoms with Crippen LogP contribution in [0.2, 0.25) is 0 Å². The maximum absolute atomic E-state index is 12.1. The van der Waals surface area contributed by atoms with Gasteiger partial charge in [0, 0.05) is 11.3 Å². The molecule has 0 bridgehead atoms. The first kappa shape index (κ1) is 16.0. The van der Waals surface area contributed by atoms with Crippen LogP contribution in [0, 0.1) is 0 Å². The highest BCUT2D eigenvalue weighted by Crippen LogP contribution is 2.33. The van der Waals surface area contributed by atoms with Gasteiger partial charge in [0.2, 0.25) is 0 Å². The van der Waals surface area contributed by atoms with E-state index >= 15 is 0 Å². The monoisotopic (exact) mass is 318 g/mol. The van der Waals surface area contributed by atoms with Crippen molar-refractivity contribution < 1.29 is 14.3 Å². The summed E-state index contributed by atoms with van der Waals surface area (Å²) >= 11 is 5.20. The first-order valence-corrected chi connectivity index (χ1v) is 7.18. The van der Waals surface area contributed by atoms with E-state index in [1.807, 2.05) is 24.3 Å². The summed E-state index contributed by atoms with van der Waals surface area (Å²) in [4.78, 5) is 12.1. The molecule has 5 nitrogen and oxygen atoms in total. The van der Waals surface area contributed by atoms with E-state index in [1.165, 1.54) is 7.11 Å². The number of allylic oxidation sites excluding steroid dienone is 1. The van der Waals surface area contributed by atoms with Crippen LogP contribution in [0.15, 0.2) is 48.2 Å². The third-order valence-electron chi connectivity index (χ3n) is 3.26. The fraction of sp³-hybridized carbons (Fsp3) is 0.250. The molecule has 1 aromatic carbocycles. The minimum atomic E-state index is -0.429. The Bertz CT molecular complexity index is 640. The van der Waals surface area contributed by atoms with Crippen LogP contribution in [0.4, 0.5) is 0 Å². The standard InChI is InChI=1S/C16H18N2O3S/c1-4-9-21-12-8-6-5-7-11(12)14-13(15(19)20-3)10(2)17-16(22)18-14/h4-8,14H,1,9H2,2-3H3,(H2,17,18,22)/t14-/m1/s1. The number of ether oxygens (including phenoxy) is 2. The molecular formula is C16H18N2O3S. The van der Waals surface area contributed by atoms with Crippen LogP contribution in [-0.2, 0) is 9.53 Å². The molecule has 1 heterocycles. The largest absolute Gasteiger partial charge is 0.489 e. The molecule has 0 saturated carbocycles. The van der Waals surface area contributed by atoms with E-state index in [0.717, 1.165) is 5.56 Å². The Morgan fingerprint density at radius 3 is 2.86 bits per heavy atom. The van der Waals surface area contributed by atoms with E-state index in [2.05, 4.69) is 17.2 Å². The summed E-state index contributed by atoms with van der Waals surface area (Å²) in [6, 6.07) is 7.06. The Labute approximate surface area is 135 Å². The Kier molecular flexibility index (Phi) is 5.16. The van der Waals surface area contributed by atoms with Crippen molar-refractivity contribution in [1.82, 2.24) is 10.6 Å². The second-order valence-electron chi connectivity index (χ2n) is 4.70. The van der Waals surface area contributed by atoms with E-state index in [-0.39, 0.29) is 0 Å². The zero-order valence-corrected chi connectivity index (χ0v) is 13.3. The number of methoxy groups -OCH3 is 1. The van der Waals surface area contributed by atoms with Crippen molar-refractivity contribution >= 4 is 23.3 Å². The first-order valence-electron chi connectivity index (χ1n) is 6.77. The van der Waals surface area contributed by atoms with Crippen LogP contribution in [0.25, 0.3) is 0 Å². The summed E-state index contributed by atoms with van der Waals surface area (Å²) < 4.78 is 10.6. The number of thiocarbonyl (C=S) groups is 1. The maximum Gasteiger partial charge on any atom is 0.337 e. The van der Waals surface area contributed by atoms with E-state index in [1.54, 1.807) is 13.0 Å². The molecule has 0 amide bonds. The summed E-state index contributed by atoms with van der Waals surface area (Å²) in [5.74, 6) is 0.252. The van der Waals surface area contributed by atoms with Crippen LogP contribution in [0.3, 0.4) is 0 Å². The van der Waals surface area contributed by atoms with Crippen molar-refractivity contribution in [2.24, 2.45) is 0 Å². The molecule has 1 atom stereocenters. The van der Waals surface area contributed by atoms with Gasteiger partial charge in [-0.25, -0.2) is 4.79 Å². The highest BCUT2D eigenvalue weighted by atomic mass is 32.1.